The first-order valence-corrected chi connectivity index (χ1v) is 11.5. The number of hydrogen-bond acceptors (Lipinski definition) is 7. The van der Waals surface area contributed by atoms with E-state index in [0.717, 1.165) is 35.2 Å². The number of hydrogen-bond donors (Lipinski definition) is 0. The minimum atomic E-state index is -0.792. The molecule has 3 aromatic heterocycles. The highest BCUT2D eigenvalue weighted by atomic mass is 19.1. The zero-order valence-corrected chi connectivity index (χ0v) is 19.2. The molecule has 6 rings (SSSR count). The highest BCUT2D eigenvalue weighted by Crippen LogP contribution is 2.36. The van der Waals surface area contributed by atoms with E-state index < -0.39 is 11.6 Å². The fourth-order valence-corrected chi connectivity index (χ4v) is 4.53. The van der Waals surface area contributed by atoms with Gasteiger partial charge in [0, 0.05) is 37.0 Å². The van der Waals surface area contributed by atoms with Crippen LogP contribution in [-0.4, -0.2) is 49.0 Å². The molecule has 0 spiro atoms. The number of aryl methyl sites for hydroxylation is 1. The van der Waals surface area contributed by atoms with E-state index in [9.17, 15) is 13.6 Å². The third kappa shape index (κ3) is 3.95. The normalized spacial score (nSPS) is 20.5. The summed E-state index contributed by atoms with van der Waals surface area (Å²) in [6.45, 7) is 2.97. The van der Waals surface area contributed by atoms with Gasteiger partial charge in [-0.2, -0.15) is 5.10 Å². The van der Waals surface area contributed by atoms with E-state index >= 15 is 0 Å². The molecule has 180 valence electrons. The molecule has 1 aromatic carbocycles. The van der Waals surface area contributed by atoms with Gasteiger partial charge in [-0.3, -0.25) is 9.48 Å². The van der Waals surface area contributed by atoms with Gasteiger partial charge in [0.15, 0.2) is 0 Å². The van der Waals surface area contributed by atoms with E-state index in [0.29, 0.717) is 24.9 Å². The standard InChI is InChI=1S/C24H23F2N7O2/c1-13-10-32(12-20(35-13)14-9-27-33(11-14)16-4-5-16)21-8-18-23(29-30-31(2)24(18)34)22(28-21)17-6-3-15(25)7-19(17)26/h3,6-9,11,13,16,20H,4-5,10,12H2,1-2H3/t13-,20-/m1/s1. The minimum Gasteiger partial charge on any atom is -0.367 e. The van der Waals surface area contributed by atoms with Crippen LogP contribution in [0.3, 0.4) is 0 Å². The monoisotopic (exact) mass is 479 g/mol. The molecule has 4 aromatic rings. The lowest BCUT2D eigenvalue weighted by Crippen LogP contribution is -2.43. The van der Waals surface area contributed by atoms with Crippen molar-refractivity contribution < 1.29 is 13.5 Å². The maximum absolute atomic E-state index is 14.8. The number of pyridine rings is 1. The number of fused-ring (bicyclic) bond motifs is 1. The van der Waals surface area contributed by atoms with Gasteiger partial charge in [0.1, 0.15) is 34.8 Å². The minimum absolute atomic E-state index is 0.0457. The summed E-state index contributed by atoms with van der Waals surface area (Å²) < 4.78 is 37.7. The SMILES string of the molecule is C[C@@H]1CN(c2cc3c(=O)n(C)nnc3c(-c3ccc(F)cc3F)n2)C[C@H](c2cnn(C3CC3)c2)O1. The maximum atomic E-state index is 14.8. The Hall–Kier alpha value is -3.73. The van der Waals surface area contributed by atoms with Crippen molar-refractivity contribution in [1.29, 1.82) is 0 Å². The summed E-state index contributed by atoms with van der Waals surface area (Å²) in [7, 11) is 1.50. The highest BCUT2D eigenvalue weighted by Gasteiger charge is 2.31. The van der Waals surface area contributed by atoms with Crippen molar-refractivity contribution in [2.45, 2.75) is 38.0 Å². The molecule has 0 N–H and O–H groups in total. The van der Waals surface area contributed by atoms with Crippen LogP contribution in [0.5, 0.6) is 0 Å². The van der Waals surface area contributed by atoms with Crippen molar-refractivity contribution in [1.82, 2.24) is 29.8 Å². The summed E-state index contributed by atoms with van der Waals surface area (Å²) in [5.41, 5.74) is 0.930. The Bertz CT molecular complexity index is 1500. The number of rotatable bonds is 4. The first kappa shape index (κ1) is 21.8. The Morgan fingerprint density at radius 2 is 1.97 bits per heavy atom. The Labute approximate surface area is 198 Å². The van der Waals surface area contributed by atoms with Crippen molar-refractivity contribution in [3.8, 4) is 11.3 Å². The van der Waals surface area contributed by atoms with Crippen LogP contribution in [0.1, 0.15) is 37.5 Å². The van der Waals surface area contributed by atoms with E-state index in [2.05, 4.69) is 15.4 Å². The Balaban J connectivity index is 1.45. The molecule has 1 aliphatic heterocycles. The van der Waals surface area contributed by atoms with Crippen LogP contribution < -0.4 is 10.5 Å². The van der Waals surface area contributed by atoms with E-state index in [1.54, 1.807) is 6.07 Å². The molecule has 4 heterocycles. The fourth-order valence-electron chi connectivity index (χ4n) is 4.53. The number of halogens is 2. The third-order valence-electron chi connectivity index (χ3n) is 6.47. The summed E-state index contributed by atoms with van der Waals surface area (Å²) in [4.78, 5) is 19.6. The predicted molar refractivity (Wildman–Crippen MR) is 124 cm³/mol. The lowest BCUT2D eigenvalue weighted by atomic mass is 10.1. The van der Waals surface area contributed by atoms with Gasteiger partial charge >= 0.3 is 0 Å². The number of ether oxygens (including phenoxy) is 1. The van der Waals surface area contributed by atoms with Gasteiger partial charge in [0.05, 0.1) is 30.3 Å². The van der Waals surface area contributed by atoms with Crippen molar-refractivity contribution >= 4 is 16.7 Å². The molecule has 35 heavy (non-hydrogen) atoms. The molecule has 1 aliphatic carbocycles. The second-order valence-corrected chi connectivity index (χ2v) is 9.19. The summed E-state index contributed by atoms with van der Waals surface area (Å²) >= 11 is 0. The molecular formula is C24H23F2N7O2. The average molecular weight is 479 g/mol. The van der Waals surface area contributed by atoms with Crippen LogP contribution in [0.25, 0.3) is 22.2 Å². The van der Waals surface area contributed by atoms with Gasteiger partial charge < -0.3 is 9.64 Å². The first-order chi connectivity index (χ1) is 16.9. The van der Waals surface area contributed by atoms with Gasteiger partial charge in [-0.15, -0.1) is 5.10 Å². The number of benzene rings is 1. The molecule has 2 aliphatic rings. The second kappa shape index (κ2) is 8.19. The van der Waals surface area contributed by atoms with Crippen LogP contribution in [-0.2, 0) is 11.8 Å². The van der Waals surface area contributed by atoms with E-state index in [-0.39, 0.29) is 39.9 Å². The molecule has 9 nitrogen and oxygen atoms in total. The molecule has 11 heteroatoms. The van der Waals surface area contributed by atoms with Gasteiger partial charge in [0.2, 0.25) is 0 Å². The maximum Gasteiger partial charge on any atom is 0.277 e. The fraction of sp³-hybridized carbons (Fsp3) is 0.375. The van der Waals surface area contributed by atoms with Crippen LogP contribution in [0.15, 0.2) is 41.5 Å². The summed E-state index contributed by atoms with van der Waals surface area (Å²) in [5.74, 6) is -1.01. The van der Waals surface area contributed by atoms with E-state index in [1.165, 1.54) is 13.1 Å². The molecule has 1 saturated heterocycles. The topological polar surface area (TPSA) is 91.0 Å². The molecule has 0 bridgehead atoms. The molecule has 0 amide bonds. The molecule has 0 unspecified atom stereocenters. The second-order valence-electron chi connectivity index (χ2n) is 9.19. The van der Waals surface area contributed by atoms with Gasteiger partial charge in [0.25, 0.3) is 5.56 Å². The highest BCUT2D eigenvalue weighted by molar-refractivity contribution is 5.92. The average Bonchev–Trinajstić information content (AvgIpc) is 3.57. The van der Waals surface area contributed by atoms with Crippen molar-refractivity contribution in [2.24, 2.45) is 7.05 Å². The van der Waals surface area contributed by atoms with Crippen LogP contribution in [0.4, 0.5) is 14.6 Å². The largest absolute Gasteiger partial charge is 0.367 e. The summed E-state index contributed by atoms with van der Waals surface area (Å²) in [6.07, 6.45) is 5.76. The van der Waals surface area contributed by atoms with E-state index in [1.807, 2.05) is 28.9 Å². The number of nitrogens with zero attached hydrogens (tertiary/aromatic N) is 7. The summed E-state index contributed by atoms with van der Waals surface area (Å²) in [5, 5.41) is 12.7. The molecule has 2 fully saturated rings. The lowest BCUT2D eigenvalue weighted by molar-refractivity contribution is -0.0176. The van der Waals surface area contributed by atoms with Crippen molar-refractivity contribution in [3.63, 3.8) is 0 Å². The third-order valence-corrected chi connectivity index (χ3v) is 6.47. The Kier molecular flexibility index (Phi) is 5.10. The van der Waals surface area contributed by atoms with Crippen LogP contribution in [0, 0.1) is 11.6 Å². The van der Waals surface area contributed by atoms with Gasteiger partial charge in [-0.1, -0.05) is 5.21 Å². The molecule has 1 saturated carbocycles. The van der Waals surface area contributed by atoms with Crippen LogP contribution >= 0.6 is 0 Å². The quantitative estimate of drug-likeness (QED) is 0.444. The zero-order chi connectivity index (χ0) is 24.3. The summed E-state index contributed by atoms with van der Waals surface area (Å²) in [6, 6.07) is 5.35. The predicted octanol–water partition coefficient (Wildman–Crippen LogP) is 3.17. The van der Waals surface area contributed by atoms with Gasteiger partial charge in [-0.25, -0.2) is 18.4 Å². The Morgan fingerprint density at radius 1 is 1.14 bits per heavy atom. The molecule has 0 radical (unpaired) electrons. The van der Waals surface area contributed by atoms with Gasteiger partial charge in [-0.05, 0) is 38.0 Å². The molecular weight excluding hydrogens is 456 g/mol. The lowest BCUT2D eigenvalue weighted by Gasteiger charge is -2.37. The Morgan fingerprint density at radius 3 is 2.74 bits per heavy atom. The number of morpholine rings is 1. The number of aromatic nitrogens is 6. The number of anilines is 1. The van der Waals surface area contributed by atoms with Crippen LogP contribution in [0.2, 0.25) is 0 Å². The van der Waals surface area contributed by atoms with Crippen molar-refractivity contribution in [2.75, 3.05) is 18.0 Å². The first-order valence-electron chi connectivity index (χ1n) is 11.5. The zero-order valence-electron chi connectivity index (χ0n) is 19.2. The van der Waals surface area contributed by atoms with Crippen molar-refractivity contribution in [3.05, 3.63) is 64.2 Å². The van der Waals surface area contributed by atoms with E-state index in [4.69, 9.17) is 9.72 Å². The molecule has 2 atom stereocenters. The smallest absolute Gasteiger partial charge is 0.277 e.